The Balaban J connectivity index is 1.52. The zero-order valence-corrected chi connectivity index (χ0v) is 20.4. The summed E-state index contributed by atoms with van der Waals surface area (Å²) in [5, 5.41) is 21.1. The van der Waals surface area contributed by atoms with Crippen molar-refractivity contribution in [2.75, 3.05) is 4.90 Å². The molecular formula is C31H27N3O3. The third kappa shape index (κ3) is 5.01. The molecule has 37 heavy (non-hydrogen) atoms. The predicted molar refractivity (Wildman–Crippen MR) is 147 cm³/mol. The zero-order valence-electron chi connectivity index (χ0n) is 20.4. The maximum atomic E-state index is 13.6. The third-order valence-corrected chi connectivity index (χ3v) is 6.42. The van der Waals surface area contributed by atoms with E-state index in [-0.39, 0.29) is 29.5 Å². The number of nitrogens with two attached hydrogens (primary N) is 1. The van der Waals surface area contributed by atoms with Gasteiger partial charge in [0.2, 0.25) is 0 Å². The fraction of sp³-hybridized carbons (Fsp3) is 0.0968. The lowest BCUT2D eigenvalue weighted by atomic mass is 10.0. The molecular weight excluding hydrogens is 462 g/mol. The number of carbonyl (C=O) groups excluding carboxylic acids is 1. The minimum Gasteiger partial charge on any atom is -0.508 e. The highest BCUT2D eigenvalue weighted by molar-refractivity contribution is 6.08. The molecule has 0 saturated heterocycles. The molecule has 0 saturated carbocycles. The van der Waals surface area contributed by atoms with Crippen LogP contribution in [0.4, 0.5) is 5.69 Å². The van der Waals surface area contributed by atoms with Crippen LogP contribution in [0.15, 0.2) is 97.1 Å². The van der Waals surface area contributed by atoms with Gasteiger partial charge in [-0.3, -0.25) is 4.79 Å². The van der Waals surface area contributed by atoms with E-state index in [1.807, 2.05) is 79.7 Å². The van der Waals surface area contributed by atoms with Crippen molar-refractivity contribution in [2.24, 2.45) is 5.73 Å². The van der Waals surface area contributed by atoms with E-state index in [1.165, 1.54) is 18.2 Å². The Labute approximate surface area is 215 Å². The summed E-state index contributed by atoms with van der Waals surface area (Å²) in [6.45, 7) is 2.77. The second-order valence-corrected chi connectivity index (χ2v) is 9.01. The highest BCUT2D eigenvalue weighted by Gasteiger charge is 2.22. The van der Waals surface area contributed by atoms with Crippen molar-refractivity contribution >= 4 is 22.5 Å². The van der Waals surface area contributed by atoms with Crippen molar-refractivity contribution in [2.45, 2.75) is 20.0 Å². The number of benzene rings is 4. The molecule has 6 nitrogen and oxygen atoms in total. The Hall–Kier alpha value is -4.68. The number of phenolic OH excluding ortho intramolecular Hbond substituents is 2. The van der Waals surface area contributed by atoms with Gasteiger partial charge in [0.15, 0.2) is 0 Å². The SMILES string of the molecule is Cc1cc2ccccc2nc1-c1ccc(N(Cc2ccc(CN)cc2)C(=O)c2ccc(O)cc2O)cc1. The summed E-state index contributed by atoms with van der Waals surface area (Å²) in [6, 6.07) is 29.5. The molecule has 5 rings (SSSR count). The molecule has 4 N–H and O–H groups in total. The average molecular weight is 490 g/mol. The molecule has 0 fully saturated rings. The Morgan fingerprint density at radius 2 is 1.57 bits per heavy atom. The summed E-state index contributed by atoms with van der Waals surface area (Å²) in [6.07, 6.45) is 0. The Kier molecular flexibility index (Phi) is 6.58. The molecule has 1 aromatic heterocycles. The molecule has 1 heterocycles. The number of nitrogens with zero attached hydrogens (tertiary/aromatic N) is 2. The summed E-state index contributed by atoms with van der Waals surface area (Å²) < 4.78 is 0. The van der Waals surface area contributed by atoms with Crippen LogP contribution in [-0.2, 0) is 13.1 Å². The van der Waals surface area contributed by atoms with E-state index >= 15 is 0 Å². The van der Waals surface area contributed by atoms with Crippen LogP contribution >= 0.6 is 0 Å². The smallest absolute Gasteiger partial charge is 0.262 e. The molecule has 0 bridgehead atoms. The summed E-state index contributed by atoms with van der Waals surface area (Å²) in [7, 11) is 0. The van der Waals surface area contributed by atoms with Crippen molar-refractivity contribution in [3.63, 3.8) is 0 Å². The largest absolute Gasteiger partial charge is 0.508 e. The van der Waals surface area contributed by atoms with Gasteiger partial charge in [-0.05, 0) is 60.0 Å². The van der Waals surface area contributed by atoms with Crippen LogP contribution in [0.25, 0.3) is 22.2 Å². The van der Waals surface area contributed by atoms with Gasteiger partial charge in [-0.1, -0.05) is 54.6 Å². The van der Waals surface area contributed by atoms with E-state index in [9.17, 15) is 15.0 Å². The molecule has 6 heteroatoms. The number of anilines is 1. The number of aryl methyl sites for hydroxylation is 1. The van der Waals surface area contributed by atoms with E-state index in [2.05, 4.69) is 6.07 Å². The lowest BCUT2D eigenvalue weighted by Crippen LogP contribution is -2.30. The standard InChI is InChI=1S/C31H27N3O3/c1-20-16-24-4-2-3-5-28(24)33-30(20)23-10-12-25(13-11-23)34(19-22-8-6-21(18-32)7-9-22)31(37)27-15-14-26(35)17-29(27)36/h2-17,35-36H,18-19,32H2,1H3. The predicted octanol–water partition coefficient (Wildman–Crippen LogP) is 5.93. The molecule has 4 aromatic carbocycles. The summed E-state index contributed by atoms with van der Waals surface area (Å²) in [4.78, 5) is 20.1. The zero-order chi connectivity index (χ0) is 25.9. The molecule has 0 aliphatic carbocycles. The van der Waals surface area contributed by atoms with Crippen LogP contribution in [-0.4, -0.2) is 21.1 Å². The number of carbonyl (C=O) groups is 1. The third-order valence-electron chi connectivity index (χ3n) is 6.42. The maximum absolute atomic E-state index is 13.6. The molecule has 5 aromatic rings. The first-order valence-electron chi connectivity index (χ1n) is 12.0. The number of para-hydroxylation sites is 1. The molecule has 184 valence electrons. The van der Waals surface area contributed by atoms with Crippen molar-refractivity contribution < 1.29 is 15.0 Å². The number of hydrogen-bond acceptors (Lipinski definition) is 5. The Morgan fingerprint density at radius 1 is 0.865 bits per heavy atom. The molecule has 0 spiro atoms. The number of amides is 1. The van der Waals surface area contributed by atoms with E-state index in [4.69, 9.17) is 10.7 Å². The van der Waals surface area contributed by atoms with Gasteiger partial charge in [0, 0.05) is 29.2 Å². The fourth-order valence-corrected chi connectivity index (χ4v) is 4.40. The van der Waals surface area contributed by atoms with Crippen LogP contribution in [0.5, 0.6) is 11.5 Å². The molecule has 0 radical (unpaired) electrons. The number of aromatic hydroxyl groups is 2. The highest BCUT2D eigenvalue weighted by Crippen LogP contribution is 2.30. The summed E-state index contributed by atoms with van der Waals surface area (Å²) in [5.41, 5.74) is 12.2. The minimum atomic E-state index is -0.381. The first-order valence-corrected chi connectivity index (χ1v) is 12.0. The number of pyridine rings is 1. The summed E-state index contributed by atoms with van der Waals surface area (Å²) in [5.74, 6) is -0.769. The maximum Gasteiger partial charge on any atom is 0.262 e. The van der Waals surface area contributed by atoms with E-state index in [0.29, 0.717) is 12.2 Å². The van der Waals surface area contributed by atoms with Crippen molar-refractivity contribution in [1.29, 1.82) is 0 Å². The number of rotatable bonds is 6. The van der Waals surface area contributed by atoms with Crippen LogP contribution in [0.1, 0.15) is 27.0 Å². The second kappa shape index (κ2) is 10.1. The van der Waals surface area contributed by atoms with Crippen LogP contribution in [0.2, 0.25) is 0 Å². The van der Waals surface area contributed by atoms with Crippen molar-refractivity contribution in [3.8, 4) is 22.8 Å². The Morgan fingerprint density at radius 3 is 2.27 bits per heavy atom. The second-order valence-electron chi connectivity index (χ2n) is 9.01. The van der Waals surface area contributed by atoms with Gasteiger partial charge in [-0.25, -0.2) is 4.98 Å². The van der Waals surface area contributed by atoms with Crippen LogP contribution in [0.3, 0.4) is 0 Å². The van der Waals surface area contributed by atoms with Crippen LogP contribution < -0.4 is 10.6 Å². The van der Waals surface area contributed by atoms with Gasteiger partial charge in [0.25, 0.3) is 5.91 Å². The summed E-state index contributed by atoms with van der Waals surface area (Å²) >= 11 is 0. The van der Waals surface area contributed by atoms with Crippen molar-refractivity contribution in [3.05, 3.63) is 119 Å². The monoisotopic (exact) mass is 489 g/mol. The van der Waals surface area contributed by atoms with Gasteiger partial charge >= 0.3 is 0 Å². The van der Waals surface area contributed by atoms with Gasteiger partial charge in [-0.15, -0.1) is 0 Å². The van der Waals surface area contributed by atoms with E-state index in [0.717, 1.165) is 38.9 Å². The minimum absolute atomic E-state index is 0.104. The molecule has 0 unspecified atom stereocenters. The number of aromatic nitrogens is 1. The lowest BCUT2D eigenvalue weighted by molar-refractivity contribution is 0.0982. The molecule has 1 amide bonds. The number of hydrogen-bond donors (Lipinski definition) is 3. The van der Waals surface area contributed by atoms with Crippen LogP contribution in [0, 0.1) is 6.92 Å². The Bertz CT molecular complexity index is 1580. The first kappa shape index (κ1) is 24.0. The number of fused-ring (bicyclic) bond motifs is 1. The van der Waals surface area contributed by atoms with Crippen molar-refractivity contribution in [1.82, 2.24) is 4.98 Å². The van der Waals surface area contributed by atoms with E-state index in [1.54, 1.807) is 4.90 Å². The first-order chi connectivity index (χ1) is 17.9. The molecule has 0 aliphatic rings. The fourth-order valence-electron chi connectivity index (χ4n) is 4.40. The quantitative estimate of drug-likeness (QED) is 0.275. The number of phenols is 2. The lowest BCUT2D eigenvalue weighted by Gasteiger charge is -2.24. The van der Waals surface area contributed by atoms with Gasteiger partial charge in [0.1, 0.15) is 11.5 Å². The highest BCUT2D eigenvalue weighted by atomic mass is 16.3. The van der Waals surface area contributed by atoms with E-state index < -0.39 is 0 Å². The van der Waals surface area contributed by atoms with Gasteiger partial charge in [0.05, 0.1) is 23.3 Å². The average Bonchev–Trinajstić information content (AvgIpc) is 2.91. The van der Waals surface area contributed by atoms with Gasteiger partial charge in [-0.2, -0.15) is 0 Å². The molecule has 0 aliphatic heterocycles. The topological polar surface area (TPSA) is 99.7 Å². The molecule has 0 atom stereocenters. The normalized spacial score (nSPS) is 11.0. The van der Waals surface area contributed by atoms with Gasteiger partial charge < -0.3 is 20.8 Å².